The molecule has 7 aromatic carbocycles. The first-order valence-electron chi connectivity index (χ1n) is 16.5. The summed E-state index contributed by atoms with van der Waals surface area (Å²) >= 11 is 1.88. The molecule has 0 bridgehead atoms. The fourth-order valence-corrected chi connectivity index (χ4v) is 8.82. The molecular formula is C43H32N4S. The van der Waals surface area contributed by atoms with E-state index in [2.05, 4.69) is 178 Å². The van der Waals surface area contributed by atoms with Gasteiger partial charge in [-0.05, 0) is 52.4 Å². The summed E-state index contributed by atoms with van der Waals surface area (Å²) in [5, 5.41) is 19.3. The molecule has 9 aromatic rings. The van der Waals surface area contributed by atoms with Gasteiger partial charge in [0.1, 0.15) is 0 Å². The van der Waals surface area contributed by atoms with Gasteiger partial charge in [0.15, 0.2) is 0 Å². The van der Waals surface area contributed by atoms with Crippen molar-refractivity contribution in [1.82, 2.24) is 20.5 Å². The highest BCUT2D eigenvalue weighted by atomic mass is 32.1. The highest BCUT2D eigenvalue weighted by molar-refractivity contribution is 7.25. The lowest BCUT2D eigenvalue weighted by molar-refractivity contribution is 0.204. The number of hydrogen-bond donors (Lipinski definition) is 3. The van der Waals surface area contributed by atoms with Crippen molar-refractivity contribution in [2.75, 3.05) is 0 Å². The Bertz CT molecular complexity index is 2570. The molecule has 1 fully saturated rings. The maximum Gasteiger partial charge on any atom is 0.0870 e. The molecule has 0 amide bonds. The number of rotatable bonds is 4. The Hall–Kier alpha value is -5.30. The Morgan fingerprint density at radius 3 is 1.71 bits per heavy atom. The molecule has 3 heterocycles. The Balaban J connectivity index is 1.16. The monoisotopic (exact) mass is 636 g/mol. The second kappa shape index (κ2) is 11.2. The van der Waals surface area contributed by atoms with Gasteiger partial charge < -0.3 is 4.57 Å². The smallest absolute Gasteiger partial charge is 0.0870 e. The molecule has 0 radical (unpaired) electrons. The van der Waals surface area contributed by atoms with Crippen LogP contribution in [0.2, 0.25) is 0 Å². The van der Waals surface area contributed by atoms with Crippen molar-refractivity contribution in [3.8, 4) is 5.69 Å². The van der Waals surface area contributed by atoms with E-state index in [1.54, 1.807) is 0 Å². The molecule has 1 aliphatic heterocycles. The van der Waals surface area contributed by atoms with Gasteiger partial charge in [-0.2, -0.15) is 0 Å². The maximum absolute atomic E-state index is 3.90. The molecule has 3 N–H and O–H groups in total. The van der Waals surface area contributed by atoms with Crippen molar-refractivity contribution < 1.29 is 0 Å². The predicted octanol–water partition coefficient (Wildman–Crippen LogP) is 10.5. The lowest BCUT2D eigenvalue weighted by Crippen LogP contribution is -2.54. The number of thiophene rings is 1. The summed E-state index contributed by atoms with van der Waals surface area (Å²) in [5.74, 6) is 0. The molecular weight excluding hydrogens is 605 g/mol. The lowest BCUT2D eigenvalue weighted by atomic mass is 9.98. The average molecular weight is 637 g/mol. The molecule has 230 valence electrons. The van der Waals surface area contributed by atoms with Crippen molar-refractivity contribution in [2.45, 2.75) is 18.5 Å². The highest BCUT2D eigenvalue weighted by Crippen LogP contribution is 2.42. The van der Waals surface area contributed by atoms with E-state index in [0.29, 0.717) is 0 Å². The van der Waals surface area contributed by atoms with Gasteiger partial charge in [-0.3, -0.25) is 16.0 Å². The van der Waals surface area contributed by atoms with Crippen LogP contribution in [-0.4, -0.2) is 4.57 Å². The number of hydrogen-bond acceptors (Lipinski definition) is 4. The third-order valence-corrected chi connectivity index (χ3v) is 11.1. The predicted molar refractivity (Wildman–Crippen MR) is 202 cm³/mol. The van der Waals surface area contributed by atoms with Crippen molar-refractivity contribution >= 4 is 64.1 Å². The molecule has 1 aliphatic rings. The van der Waals surface area contributed by atoms with Crippen LogP contribution in [-0.2, 0) is 0 Å². The normalized spacial score (nSPS) is 18.4. The van der Waals surface area contributed by atoms with E-state index in [0.717, 1.165) is 0 Å². The molecule has 0 aliphatic carbocycles. The second-order valence-corrected chi connectivity index (χ2v) is 13.7. The van der Waals surface area contributed by atoms with E-state index < -0.39 is 0 Å². The lowest BCUT2D eigenvalue weighted by Gasteiger charge is -2.40. The van der Waals surface area contributed by atoms with Crippen molar-refractivity contribution in [3.05, 3.63) is 174 Å². The Morgan fingerprint density at radius 2 is 0.979 bits per heavy atom. The van der Waals surface area contributed by atoms with Crippen LogP contribution in [0.1, 0.15) is 35.2 Å². The third kappa shape index (κ3) is 4.40. The SMILES string of the molecule is c1ccc(C2NC(c3ccccc3)NC(c3ccc(-n4c5ccccc5c5cc6c(cc54)sc4ccccc46)c4ccccc34)N2)cc1. The van der Waals surface area contributed by atoms with Gasteiger partial charge in [0, 0.05) is 36.3 Å². The summed E-state index contributed by atoms with van der Waals surface area (Å²) < 4.78 is 5.12. The minimum Gasteiger partial charge on any atom is -0.309 e. The van der Waals surface area contributed by atoms with E-state index in [9.17, 15) is 0 Å². The van der Waals surface area contributed by atoms with Gasteiger partial charge in [0.2, 0.25) is 0 Å². The van der Waals surface area contributed by atoms with Crippen LogP contribution in [0.15, 0.2) is 158 Å². The fraction of sp³-hybridized carbons (Fsp3) is 0.0698. The summed E-state index contributed by atoms with van der Waals surface area (Å²) in [7, 11) is 0. The van der Waals surface area contributed by atoms with E-state index in [1.807, 2.05) is 11.3 Å². The van der Waals surface area contributed by atoms with Gasteiger partial charge in [-0.1, -0.05) is 127 Å². The molecule has 5 heteroatoms. The molecule has 0 spiro atoms. The van der Waals surface area contributed by atoms with Gasteiger partial charge in [-0.25, -0.2) is 0 Å². The summed E-state index contributed by atoms with van der Waals surface area (Å²) in [5.41, 5.74) is 7.30. The minimum atomic E-state index is -0.0862. The van der Waals surface area contributed by atoms with Crippen molar-refractivity contribution in [3.63, 3.8) is 0 Å². The molecule has 2 unspecified atom stereocenters. The quantitative estimate of drug-likeness (QED) is 0.180. The first-order valence-corrected chi connectivity index (χ1v) is 17.4. The zero-order valence-electron chi connectivity index (χ0n) is 26.1. The van der Waals surface area contributed by atoms with Crippen LogP contribution in [0.4, 0.5) is 0 Å². The molecule has 48 heavy (non-hydrogen) atoms. The maximum atomic E-state index is 3.90. The van der Waals surface area contributed by atoms with E-state index in [-0.39, 0.29) is 18.5 Å². The summed E-state index contributed by atoms with van der Waals surface area (Å²) in [6, 6.07) is 57.2. The molecule has 2 aromatic heterocycles. The van der Waals surface area contributed by atoms with Gasteiger partial charge in [-0.15, -0.1) is 11.3 Å². The molecule has 1 saturated heterocycles. The minimum absolute atomic E-state index is 0.0258. The van der Waals surface area contributed by atoms with E-state index in [4.69, 9.17) is 0 Å². The van der Waals surface area contributed by atoms with Crippen LogP contribution in [0, 0.1) is 0 Å². The van der Waals surface area contributed by atoms with E-state index in [1.165, 1.54) is 75.1 Å². The second-order valence-electron chi connectivity index (χ2n) is 12.7. The number of nitrogens with one attached hydrogen (secondary N) is 3. The first-order chi connectivity index (χ1) is 23.8. The van der Waals surface area contributed by atoms with Crippen LogP contribution in [0.5, 0.6) is 0 Å². The third-order valence-electron chi connectivity index (χ3n) is 9.92. The number of aromatic nitrogens is 1. The summed E-state index contributed by atoms with van der Waals surface area (Å²) in [6.45, 7) is 0. The largest absolute Gasteiger partial charge is 0.309 e. The zero-order valence-corrected chi connectivity index (χ0v) is 26.9. The molecule has 4 nitrogen and oxygen atoms in total. The topological polar surface area (TPSA) is 41.0 Å². The van der Waals surface area contributed by atoms with Crippen molar-refractivity contribution in [2.24, 2.45) is 0 Å². The summed E-state index contributed by atoms with van der Waals surface area (Å²) in [6.07, 6.45) is -0.138. The Labute approximate surface area is 282 Å². The number of benzene rings is 7. The van der Waals surface area contributed by atoms with Crippen LogP contribution >= 0.6 is 11.3 Å². The van der Waals surface area contributed by atoms with Gasteiger partial charge >= 0.3 is 0 Å². The Morgan fingerprint density at radius 1 is 0.396 bits per heavy atom. The zero-order chi connectivity index (χ0) is 31.6. The first kappa shape index (κ1) is 27.8. The number of fused-ring (bicyclic) bond motifs is 7. The number of nitrogens with zero attached hydrogens (tertiary/aromatic N) is 1. The Kier molecular flexibility index (Phi) is 6.45. The average Bonchev–Trinajstić information content (AvgIpc) is 3.68. The van der Waals surface area contributed by atoms with Crippen LogP contribution in [0.3, 0.4) is 0 Å². The molecule has 10 rings (SSSR count). The molecule has 0 saturated carbocycles. The number of para-hydroxylation sites is 1. The van der Waals surface area contributed by atoms with Crippen LogP contribution in [0.25, 0.3) is 58.4 Å². The van der Waals surface area contributed by atoms with Crippen molar-refractivity contribution in [1.29, 1.82) is 0 Å². The van der Waals surface area contributed by atoms with E-state index >= 15 is 0 Å². The standard InChI is InChI=1S/C43H32N4S/c1-3-13-27(14-4-1)41-44-42(28-15-5-2-6-16-28)46-43(45-41)33-23-24-37(30-18-8-7-17-29(30)33)47-36-21-11-9-19-31(36)34-25-35-32-20-10-12-22-39(32)48-40(35)26-38(34)47/h1-26,41-46H. The summed E-state index contributed by atoms with van der Waals surface area (Å²) in [4.78, 5) is 0. The van der Waals surface area contributed by atoms with Gasteiger partial charge in [0.05, 0.1) is 35.2 Å². The fourth-order valence-electron chi connectivity index (χ4n) is 7.70. The van der Waals surface area contributed by atoms with Gasteiger partial charge in [0.25, 0.3) is 0 Å². The van der Waals surface area contributed by atoms with Crippen LogP contribution < -0.4 is 16.0 Å². The molecule has 2 atom stereocenters. The highest BCUT2D eigenvalue weighted by Gasteiger charge is 2.31.